The molecule has 0 bridgehead atoms. The lowest BCUT2D eigenvalue weighted by molar-refractivity contribution is -0.138. The van der Waals surface area contributed by atoms with Crippen molar-refractivity contribution in [3.05, 3.63) is 71.7 Å². The predicted octanol–water partition coefficient (Wildman–Crippen LogP) is 4.72. The van der Waals surface area contributed by atoms with E-state index in [9.17, 15) is 22.8 Å². The summed E-state index contributed by atoms with van der Waals surface area (Å²) in [6, 6.07) is 7.71. The highest BCUT2D eigenvalue weighted by Gasteiger charge is 2.30. The van der Waals surface area contributed by atoms with Crippen LogP contribution in [0, 0.1) is 0 Å². The summed E-state index contributed by atoms with van der Waals surface area (Å²) < 4.78 is 38.3. The fourth-order valence-corrected chi connectivity index (χ4v) is 3.26. The summed E-state index contributed by atoms with van der Waals surface area (Å²) in [6.07, 6.45) is 1.65. The Bertz CT molecular complexity index is 1140. The van der Waals surface area contributed by atoms with Gasteiger partial charge in [-0.15, -0.1) is 0 Å². The van der Waals surface area contributed by atoms with Crippen molar-refractivity contribution in [2.75, 3.05) is 11.9 Å². The third-order valence-electron chi connectivity index (χ3n) is 5.09. The molecule has 0 aliphatic heterocycles. The number of aliphatic carboxylic acids is 1. The number of pyridine rings is 1. The fourth-order valence-electron chi connectivity index (χ4n) is 3.26. The summed E-state index contributed by atoms with van der Waals surface area (Å²) in [7, 11) is 0. The number of nitrogens with one attached hydrogen (secondary N) is 2. The van der Waals surface area contributed by atoms with E-state index in [2.05, 4.69) is 25.6 Å². The maximum Gasteiger partial charge on any atom is 0.416 e. The van der Waals surface area contributed by atoms with Crippen LogP contribution in [0.2, 0.25) is 0 Å². The number of carboxylic acid groups (broad SMARTS) is 1. The number of carbonyl (C=O) groups is 2. The summed E-state index contributed by atoms with van der Waals surface area (Å²) in [4.78, 5) is 35.5. The molecule has 3 N–H and O–H groups in total. The molecule has 184 valence electrons. The maximum absolute atomic E-state index is 12.8. The van der Waals surface area contributed by atoms with E-state index in [1.54, 1.807) is 24.5 Å². The summed E-state index contributed by atoms with van der Waals surface area (Å²) in [5.41, 5.74) is 0.821. The van der Waals surface area contributed by atoms with Crippen LogP contribution in [-0.2, 0) is 11.0 Å². The zero-order chi connectivity index (χ0) is 25.4. The van der Waals surface area contributed by atoms with Crippen LogP contribution >= 0.6 is 0 Å². The first-order chi connectivity index (χ1) is 16.7. The smallest absolute Gasteiger partial charge is 0.416 e. The van der Waals surface area contributed by atoms with Gasteiger partial charge in [0, 0.05) is 36.3 Å². The summed E-state index contributed by atoms with van der Waals surface area (Å²) in [5.74, 6) is -0.574. The Morgan fingerprint density at radius 2 is 1.69 bits per heavy atom. The van der Waals surface area contributed by atoms with Gasteiger partial charge in [-0.25, -0.2) is 15.0 Å². The molecular formula is C24H24F3N5O3. The number of carbonyl (C=O) groups excluding carboxylic acids is 1. The number of halogens is 3. The average Bonchev–Trinajstić information content (AvgIpc) is 2.83. The Balaban J connectivity index is 1.67. The normalized spacial score (nSPS) is 12.1. The SMILES string of the molecule is CCC[C@H](Nc1ccc(C(=O)NCCC(=O)O)cn1)c1cnc(-c2ccc(C(F)(F)F)cc2)nc1. The van der Waals surface area contributed by atoms with Crippen LogP contribution in [0.1, 0.15) is 53.7 Å². The molecule has 0 fully saturated rings. The van der Waals surface area contributed by atoms with Crippen molar-refractivity contribution in [2.24, 2.45) is 0 Å². The number of carboxylic acids is 1. The second-order valence-corrected chi connectivity index (χ2v) is 7.73. The monoisotopic (exact) mass is 487 g/mol. The molecule has 0 aliphatic rings. The minimum atomic E-state index is -4.40. The summed E-state index contributed by atoms with van der Waals surface area (Å²) in [5, 5.41) is 14.4. The Kier molecular flexibility index (Phi) is 8.34. The van der Waals surface area contributed by atoms with E-state index in [1.807, 2.05) is 6.92 Å². The lowest BCUT2D eigenvalue weighted by atomic mass is 10.1. The molecule has 1 atom stereocenters. The van der Waals surface area contributed by atoms with Gasteiger partial charge in [-0.05, 0) is 30.7 Å². The first-order valence-corrected chi connectivity index (χ1v) is 10.9. The van der Waals surface area contributed by atoms with Gasteiger partial charge in [0.2, 0.25) is 0 Å². The first-order valence-electron chi connectivity index (χ1n) is 10.9. The van der Waals surface area contributed by atoms with E-state index in [0.29, 0.717) is 22.8 Å². The van der Waals surface area contributed by atoms with E-state index >= 15 is 0 Å². The number of rotatable bonds is 10. The maximum atomic E-state index is 12.8. The van der Waals surface area contributed by atoms with E-state index in [4.69, 9.17) is 5.11 Å². The van der Waals surface area contributed by atoms with Crippen LogP contribution in [0.4, 0.5) is 19.0 Å². The van der Waals surface area contributed by atoms with Gasteiger partial charge in [0.05, 0.1) is 23.6 Å². The Morgan fingerprint density at radius 3 is 2.23 bits per heavy atom. The minimum absolute atomic E-state index is 0.0230. The largest absolute Gasteiger partial charge is 0.481 e. The van der Waals surface area contributed by atoms with Crippen LogP contribution in [0.3, 0.4) is 0 Å². The second kappa shape index (κ2) is 11.4. The van der Waals surface area contributed by atoms with Crippen LogP contribution in [0.5, 0.6) is 0 Å². The van der Waals surface area contributed by atoms with Gasteiger partial charge in [0.1, 0.15) is 5.82 Å². The van der Waals surface area contributed by atoms with Crippen molar-refractivity contribution >= 4 is 17.7 Å². The van der Waals surface area contributed by atoms with Gasteiger partial charge in [0.15, 0.2) is 5.82 Å². The quantitative estimate of drug-likeness (QED) is 0.379. The molecule has 1 amide bonds. The van der Waals surface area contributed by atoms with Crippen molar-refractivity contribution in [3.8, 4) is 11.4 Å². The molecule has 0 unspecified atom stereocenters. The number of nitrogens with zero attached hydrogens (tertiary/aromatic N) is 3. The molecular weight excluding hydrogens is 463 g/mol. The molecule has 1 aromatic carbocycles. The van der Waals surface area contributed by atoms with Gasteiger partial charge in [-0.1, -0.05) is 25.5 Å². The van der Waals surface area contributed by atoms with Crippen LogP contribution in [-0.4, -0.2) is 38.5 Å². The van der Waals surface area contributed by atoms with E-state index in [0.717, 1.165) is 30.5 Å². The zero-order valence-electron chi connectivity index (χ0n) is 18.8. The van der Waals surface area contributed by atoms with Crippen LogP contribution in [0.15, 0.2) is 55.0 Å². The lowest BCUT2D eigenvalue weighted by Gasteiger charge is -2.19. The number of hydrogen-bond donors (Lipinski definition) is 3. The van der Waals surface area contributed by atoms with Crippen molar-refractivity contribution in [3.63, 3.8) is 0 Å². The highest BCUT2D eigenvalue weighted by Crippen LogP contribution is 2.30. The molecule has 8 nitrogen and oxygen atoms in total. The summed E-state index contributed by atoms with van der Waals surface area (Å²) >= 11 is 0. The molecule has 3 rings (SSSR count). The molecule has 2 aromatic heterocycles. The topological polar surface area (TPSA) is 117 Å². The fraction of sp³-hybridized carbons (Fsp3) is 0.292. The Labute approximate surface area is 199 Å². The van der Waals surface area contributed by atoms with E-state index in [-0.39, 0.29) is 19.0 Å². The average molecular weight is 487 g/mol. The number of amides is 1. The number of anilines is 1. The van der Waals surface area contributed by atoms with Crippen molar-refractivity contribution in [1.29, 1.82) is 0 Å². The molecule has 0 saturated carbocycles. The number of hydrogen-bond acceptors (Lipinski definition) is 6. The van der Waals surface area contributed by atoms with Crippen molar-refractivity contribution in [1.82, 2.24) is 20.3 Å². The van der Waals surface area contributed by atoms with Gasteiger partial charge >= 0.3 is 12.1 Å². The van der Waals surface area contributed by atoms with Crippen molar-refractivity contribution in [2.45, 2.75) is 38.4 Å². The molecule has 0 aliphatic carbocycles. The molecule has 0 radical (unpaired) electrons. The summed E-state index contributed by atoms with van der Waals surface area (Å²) in [6.45, 7) is 2.04. The van der Waals surface area contributed by atoms with Gasteiger partial charge in [-0.2, -0.15) is 13.2 Å². The number of benzene rings is 1. The third-order valence-corrected chi connectivity index (χ3v) is 5.09. The molecule has 0 spiro atoms. The molecule has 35 heavy (non-hydrogen) atoms. The van der Waals surface area contributed by atoms with Gasteiger partial charge in [-0.3, -0.25) is 9.59 Å². The minimum Gasteiger partial charge on any atom is -0.481 e. The lowest BCUT2D eigenvalue weighted by Crippen LogP contribution is -2.26. The highest BCUT2D eigenvalue weighted by atomic mass is 19.4. The predicted molar refractivity (Wildman–Crippen MR) is 123 cm³/mol. The Morgan fingerprint density at radius 1 is 1.00 bits per heavy atom. The second-order valence-electron chi connectivity index (χ2n) is 7.73. The van der Waals surface area contributed by atoms with Crippen LogP contribution in [0.25, 0.3) is 11.4 Å². The number of aromatic nitrogens is 3. The Hall–Kier alpha value is -4.02. The number of alkyl halides is 3. The molecule has 3 aromatic rings. The molecule has 0 saturated heterocycles. The highest BCUT2D eigenvalue weighted by molar-refractivity contribution is 5.94. The standard InChI is InChI=1S/C24H24F3N5O3/c1-2-3-19(32-20-9-6-16(12-29-20)23(35)28-11-10-21(33)34)17-13-30-22(31-14-17)15-4-7-18(8-5-15)24(25,26)27/h4-9,12-14,19H,2-3,10-11H2,1H3,(H,28,35)(H,29,32)(H,33,34)/t19-/m0/s1. The van der Waals surface area contributed by atoms with E-state index < -0.39 is 23.6 Å². The molecule has 11 heteroatoms. The molecule has 2 heterocycles. The first kappa shape index (κ1) is 25.6. The van der Waals surface area contributed by atoms with E-state index in [1.165, 1.54) is 18.3 Å². The van der Waals surface area contributed by atoms with Crippen molar-refractivity contribution < 1.29 is 27.9 Å². The van der Waals surface area contributed by atoms with Gasteiger partial charge in [0.25, 0.3) is 5.91 Å². The zero-order valence-corrected chi connectivity index (χ0v) is 18.8. The van der Waals surface area contributed by atoms with Crippen LogP contribution < -0.4 is 10.6 Å². The van der Waals surface area contributed by atoms with Gasteiger partial charge < -0.3 is 15.7 Å². The third kappa shape index (κ3) is 7.23.